The summed E-state index contributed by atoms with van der Waals surface area (Å²) in [4.78, 5) is 61.4. The van der Waals surface area contributed by atoms with Crippen LogP contribution in [0.15, 0.2) is 0 Å². The van der Waals surface area contributed by atoms with E-state index >= 15 is 0 Å². The quantitative estimate of drug-likeness (QED) is 0.253. The van der Waals surface area contributed by atoms with E-state index < -0.39 is 23.9 Å². The first kappa shape index (κ1) is 50.6. The molecule has 0 saturated carbocycles. The Morgan fingerprint density at radius 1 is 0.556 bits per heavy atom. The van der Waals surface area contributed by atoms with E-state index in [1.165, 1.54) is 0 Å². The number of carbonyl (C=O) groups excluding carboxylic acids is 4. The fraction of sp³-hybridized carbons (Fsp3) is 0.600. The Morgan fingerprint density at radius 2 is 0.704 bits per heavy atom. The van der Waals surface area contributed by atoms with Crippen molar-refractivity contribution in [1.82, 2.24) is 10.5 Å². The number of hydrogen-bond acceptors (Lipinski definition) is 10. The van der Waals surface area contributed by atoms with Crippen LogP contribution in [0.4, 0.5) is 0 Å². The van der Waals surface area contributed by atoms with Crippen molar-refractivity contribution in [2.24, 2.45) is 0 Å². The molecule has 8 N–H and O–H groups in total. The minimum absolute atomic E-state index is 0. The van der Waals surface area contributed by atoms with Crippen LogP contribution in [0.3, 0.4) is 0 Å². The Labute approximate surface area is 210 Å². The predicted molar refractivity (Wildman–Crippen MR) is 86.4 cm³/mol. The molecule has 0 spiro atoms. The SMILES string of the molecule is CC(=O)ON(CCN(OC(C)=O)OC(C)=O)OC(C)=O.O.O.O.O.[Cu].[Na].[Na]. The van der Waals surface area contributed by atoms with Crippen molar-refractivity contribution in [3.63, 3.8) is 0 Å². The number of carbonyl (C=O) groups is 4. The van der Waals surface area contributed by atoms with Crippen LogP contribution in [0.1, 0.15) is 27.7 Å². The predicted octanol–water partition coefficient (Wildman–Crippen LogP) is -4.56. The van der Waals surface area contributed by atoms with E-state index in [2.05, 4.69) is 19.4 Å². The van der Waals surface area contributed by atoms with Gasteiger partial charge < -0.3 is 41.3 Å². The number of hydrogen-bond donors (Lipinski definition) is 0. The molecule has 0 saturated heterocycles. The molecule has 159 valence electrons. The zero-order valence-electron chi connectivity index (χ0n) is 15.9. The zero-order valence-corrected chi connectivity index (χ0v) is 20.8. The summed E-state index contributed by atoms with van der Waals surface area (Å²) in [6, 6.07) is 0. The molecule has 0 amide bonds. The molecular weight excluding hydrogens is 450 g/mol. The van der Waals surface area contributed by atoms with Crippen molar-refractivity contribution >= 4 is 83.0 Å². The molecule has 0 aliphatic carbocycles. The molecule has 0 bridgehead atoms. The van der Waals surface area contributed by atoms with Crippen molar-refractivity contribution < 1.29 is 77.5 Å². The fourth-order valence-electron chi connectivity index (χ4n) is 0.957. The average molecular weight is 474 g/mol. The summed E-state index contributed by atoms with van der Waals surface area (Å²) in [5.74, 6) is -2.90. The normalized spacial score (nSPS) is 7.48. The first-order valence-corrected chi connectivity index (χ1v) is 5.50. The van der Waals surface area contributed by atoms with E-state index in [1.54, 1.807) is 0 Å². The minimum atomic E-state index is -0.724. The molecule has 0 aromatic rings. The van der Waals surface area contributed by atoms with Gasteiger partial charge in [0.25, 0.3) is 0 Å². The summed E-state index contributed by atoms with van der Waals surface area (Å²) in [6.07, 6.45) is 0. The van der Waals surface area contributed by atoms with Crippen LogP contribution in [0, 0.1) is 0 Å². The Kier molecular flexibility index (Phi) is 53.2. The Bertz CT molecular complexity index is 336. The minimum Gasteiger partial charge on any atom is -0.412 e. The van der Waals surface area contributed by atoms with Crippen LogP contribution >= 0.6 is 0 Å². The molecule has 3 radical (unpaired) electrons. The van der Waals surface area contributed by atoms with Crippen molar-refractivity contribution in [3.8, 4) is 0 Å². The Balaban J connectivity index is -0.0000000860. The molecule has 0 fully saturated rings. The monoisotopic (exact) mass is 473 g/mol. The van der Waals surface area contributed by atoms with Gasteiger partial charge in [-0.25, -0.2) is 0 Å². The summed E-state index contributed by atoms with van der Waals surface area (Å²) < 4.78 is 0. The molecule has 0 heterocycles. The van der Waals surface area contributed by atoms with Gasteiger partial charge >= 0.3 is 23.9 Å². The molecule has 14 nitrogen and oxygen atoms in total. The van der Waals surface area contributed by atoms with E-state index in [-0.39, 0.29) is 111 Å². The number of nitrogens with zero attached hydrogens (tertiary/aromatic N) is 2. The van der Waals surface area contributed by atoms with Gasteiger partial charge in [-0.3, -0.25) is 19.2 Å². The van der Waals surface area contributed by atoms with E-state index in [0.717, 1.165) is 27.7 Å². The molecule has 0 unspecified atom stereocenters. The van der Waals surface area contributed by atoms with E-state index in [0.29, 0.717) is 10.5 Å². The van der Waals surface area contributed by atoms with E-state index in [1.807, 2.05) is 0 Å². The molecule has 0 aliphatic heterocycles. The van der Waals surface area contributed by atoms with Gasteiger partial charge in [0.1, 0.15) is 0 Å². The van der Waals surface area contributed by atoms with E-state index in [4.69, 9.17) is 0 Å². The van der Waals surface area contributed by atoms with Gasteiger partial charge in [-0.2, -0.15) is 0 Å². The topological polar surface area (TPSA) is 238 Å². The third-order valence-corrected chi connectivity index (χ3v) is 1.39. The maximum atomic E-state index is 10.8. The second kappa shape index (κ2) is 28.4. The maximum Gasteiger partial charge on any atom is 0.326 e. The Hall–Kier alpha value is 0.159. The molecule has 0 aromatic carbocycles. The van der Waals surface area contributed by atoms with Gasteiger partial charge in [0.05, 0.1) is 13.1 Å². The van der Waals surface area contributed by atoms with Crippen LogP contribution in [-0.4, -0.2) is 128 Å². The van der Waals surface area contributed by atoms with Gasteiger partial charge in [0, 0.05) is 114 Å². The fourth-order valence-corrected chi connectivity index (χ4v) is 0.957. The molecule has 0 aromatic heterocycles. The second-order valence-corrected chi connectivity index (χ2v) is 3.44. The average Bonchev–Trinajstić information content (AvgIpc) is 2.22. The van der Waals surface area contributed by atoms with Crippen LogP contribution in [0.2, 0.25) is 0 Å². The van der Waals surface area contributed by atoms with Gasteiger partial charge in [-0.05, 0) is 0 Å². The van der Waals surface area contributed by atoms with Crippen molar-refractivity contribution in [2.45, 2.75) is 27.7 Å². The van der Waals surface area contributed by atoms with Crippen LogP contribution in [-0.2, 0) is 55.6 Å². The van der Waals surface area contributed by atoms with Gasteiger partial charge in [0.15, 0.2) is 0 Å². The summed E-state index contributed by atoms with van der Waals surface area (Å²) in [6.45, 7) is 3.97. The molecule has 17 heteroatoms. The third-order valence-electron chi connectivity index (χ3n) is 1.39. The van der Waals surface area contributed by atoms with Gasteiger partial charge in [0.2, 0.25) is 0 Å². The Morgan fingerprint density at radius 3 is 0.815 bits per heavy atom. The molecule has 0 rings (SSSR count). The van der Waals surface area contributed by atoms with Crippen LogP contribution in [0.5, 0.6) is 0 Å². The molecule has 0 atom stereocenters. The number of hydroxylamine groups is 4. The standard InChI is InChI=1S/C10H16N2O8.Cu.2Na.4H2O/c1-7(13)17-11(18-8(2)14)5-6-12(19-9(3)15)20-10(4)16;;;;;;;/h5-6H2,1-4H3;;;;4*1H2. The van der Waals surface area contributed by atoms with Crippen LogP contribution < -0.4 is 0 Å². The third kappa shape index (κ3) is 34.1. The van der Waals surface area contributed by atoms with E-state index in [9.17, 15) is 19.2 Å². The van der Waals surface area contributed by atoms with Gasteiger partial charge in [-0.1, -0.05) is 0 Å². The summed E-state index contributed by atoms with van der Waals surface area (Å²) in [5, 5.41) is 1.15. The van der Waals surface area contributed by atoms with Crippen molar-refractivity contribution in [2.75, 3.05) is 13.1 Å². The first-order valence-electron chi connectivity index (χ1n) is 5.50. The zero-order chi connectivity index (χ0) is 15.7. The molecule has 0 aliphatic rings. The summed E-state index contributed by atoms with van der Waals surface area (Å²) >= 11 is 0. The van der Waals surface area contributed by atoms with Crippen molar-refractivity contribution in [1.29, 1.82) is 0 Å². The summed E-state index contributed by atoms with van der Waals surface area (Å²) in [5.41, 5.74) is 0. The largest absolute Gasteiger partial charge is 0.412 e. The second-order valence-electron chi connectivity index (χ2n) is 3.44. The van der Waals surface area contributed by atoms with Crippen LogP contribution in [0.25, 0.3) is 0 Å². The smallest absolute Gasteiger partial charge is 0.326 e. The summed E-state index contributed by atoms with van der Waals surface area (Å²) in [7, 11) is 0. The van der Waals surface area contributed by atoms with Gasteiger partial charge in [-0.15, -0.1) is 0 Å². The molecule has 27 heavy (non-hydrogen) atoms. The van der Waals surface area contributed by atoms with Crippen molar-refractivity contribution in [3.05, 3.63) is 0 Å². The molecular formula is C10H24CuN2Na2O12. The number of rotatable bonds is 7. The first-order chi connectivity index (χ1) is 9.20. The maximum absolute atomic E-state index is 10.8.